The van der Waals surface area contributed by atoms with Gasteiger partial charge in [0.15, 0.2) is 5.82 Å². The predicted molar refractivity (Wildman–Crippen MR) is 115 cm³/mol. The topological polar surface area (TPSA) is 51.1 Å². The minimum Gasteiger partial charge on any atom is -0.345 e. The van der Waals surface area contributed by atoms with Crippen LogP contribution in [0, 0.1) is 31.4 Å². The fourth-order valence-electron chi connectivity index (χ4n) is 4.29. The highest BCUT2D eigenvalue weighted by molar-refractivity contribution is 5.97. The average molecular weight is 422 g/mol. The third-order valence-corrected chi connectivity index (χ3v) is 6.15. The normalized spacial score (nSPS) is 14.7. The van der Waals surface area contributed by atoms with Gasteiger partial charge < -0.3 is 5.32 Å². The van der Waals surface area contributed by atoms with Crippen LogP contribution in [-0.4, -0.2) is 10.5 Å². The summed E-state index contributed by atoms with van der Waals surface area (Å²) in [5.41, 5.74) is 0.877. The van der Waals surface area contributed by atoms with E-state index in [1.54, 1.807) is 49.4 Å². The molecule has 2 aromatic carbocycles. The third-order valence-electron chi connectivity index (χ3n) is 6.15. The summed E-state index contributed by atoms with van der Waals surface area (Å²) in [5.74, 6) is -1.60. The molecule has 4 rings (SSSR count). The number of rotatable bonds is 5. The standard InChI is InChI=1S/C25H24F2N2O2/c1-15-21(16(2)29(25(31)22(15)27)20-12-4-3-5-13-20)24(30)28-23(17-8-6-9-17)18-10-7-11-19(26)14-18/h3-5,7,10-14,17,23H,6,8-9H2,1-2H3,(H,28,30)/t23-/m0/s1. The van der Waals surface area contributed by atoms with E-state index in [9.17, 15) is 18.4 Å². The molecular formula is C25H24F2N2O2. The van der Waals surface area contributed by atoms with Crippen LogP contribution in [-0.2, 0) is 0 Å². The summed E-state index contributed by atoms with van der Waals surface area (Å²) in [6.07, 6.45) is 2.91. The van der Waals surface area contributed by atoms with E-state index < -0.39 is 17.3 Å². The van der Waals surface area contributed by atoms with Gasteiger partial charge in [-0.2, -0.15) is 0 Å². The van der Waals surface area contributed by atoms with Gasteiger partial charge >= 0.3 is 0 Å². The van der Waals surface area contributed by atoms with Crippen molar-refractivity contribution in [2.24, 2.45) is 5.92 Å². The zero-order valence-electron chi connectivity index (χ0n) is 17.5. The molecule has 1 aliphatic carbocycles. The molecule has 0 spiro atoms. The van der Waals surface area contributed by atoms with Gasteiger partial charge in [-0.3, -0.25) is 14.2 Å². The Hall–Kier alpha value is -3.28. The molecule has 0 saturated heterocycles. The lowest BCUT2D eigenvalue weighted by Gasteiger charge is -2.35. The van der Waals surface area contributed by atoms with Gasteiger partial charge in [0.1, 0.15) is 5.82 Å². The zero-order valence-corrected chi connectivity index (χ0v) is 17.5. The van der Waals surface area contributed by atoms with Gasteiger partial charge in [-0.25, -0.2) is 8.78 Å². The van der Waals surface area contributed by atoms with Gasteiger partial charge in [0.2, 0.25) is 0 Å². The van der Waals surface area contributed by atoms with Crippen molar-refractivity contribution < 1.29 is 13.6 Å². The molecule has 1 atom stereocenters. The molecule has 1 fully saturated rings. The quantitative estimate of drug-likeness (QED) is 0.629. The molecule has 4 nitrogen and oxygen atoms in total. The number of hydrogen-bond donors (Lipinski definition) is 1. The van der Waals surface area contributed by atoms with Crippen molar-refractivity contribution >= 4 is 5.91 Å². The summed E-state index contributed by atoms with van der Waals surface area (Å²) in [4.78, 5) is 26.0. The molecular weight excluding hydrogens is 398 g/mol. The van der Waals surface area contributed by atoms with Crippen molar-refractivity contribution in [1.29, 1.82) is 0 Å². The molecule has 1 aliphatic rings. The number of halogens is 2. The van der Waals surface area contributed by atoms with Crippen molar-refractivity contribution in [2.75, 3.05) is 0 Å². The van der Waals surface area contributed by atoms with Crippen LogP contribution in [0.15, 0.2) is 59.4 Å². The van der Waals surface area contributed by atoms with Gasteiger partial charge in [-0.15, -0.1) is 0 Å². The molecule has 0 bridgehead atoms. The van der Waals surface area contributed by atoms with E-state index in [0.29, 0.717) is 16.9 Å². The number of carbonyl (C=O) groups is 1. The second kappa shape index (κ2) is 8.46. The van der Waals surface area contributed by atoms with Crippen LogP contribution >= 0.6 is 0 Å². The third kappa shape index (κ3) is 3.90. The van der Waals surface area contributed by atoms with Crippen molar-refractivity contribution in [1.82, 2.24) is 9.88 Å². The molecule has 1 N–H and O–H groups in total. The minimum absolute atomic E-state index is 0.0128. The molecule has 1 saturated carbocycles. The van der Waals surface area contributed by atoms with Crippen molar-refractivity contribution in [2.45, 2.75) is 39.2 Å². The van der Waals surface area contributed by atoms with Crippen LogP contribution in [0.5, 0.6) is 0 Å². The molecule has 31 heavy (non-hydrogen) atoms. The lowest BCUT2D eigenvalue weighted by molar-refractivity contribution is 0.0897. The Balaban J connectivity index is 1.77. The average Bonchev–Trinajstić information content (AvgIpc) is 2.71. The second-order valence-corrected chi connectivity index (χ2v) is 8.07. The Bertz CT molecular complexity index is 1180. The van der Waals surface area contributed by atoms with Gasteiger partial charge in [-0.1, -0.05) is 36.8 Å². The maximum Gasteiger partial charge on any atom is 0.291 e. The number of para-hydroxylation sites is 1. The number of hydrogen-bond acceptors (Lipinski definition) is 2. The number of nitrogens with one attached hydrogen (secondary N) is 1. The van der Waals surface area contributed by atoms with Gasteiger partial charge in [0.05, 0.1) is 11.6 Å². The second-order valence-electron chi connectivity index (χ2n) is 8.07. The van der Waals surface area contributed by atoms with Crippen LogP contribution in [0.4, 0.5) is 8.78 Å². The van der Waals surface area contributed by atoms with Crippen LogP contribution < -0.4 is 10.9 Å². The molecule has 3 aromatic rings. The number of amides is 1. The first-order chi connectivity index (χ1) is 14.9. The summed E-state index contributed by atoms with van der Waals surface area (Å²) >= 11 is 0. The fraction of sp³-hybridized carbons (Fsp3) is 0.280. The Morgan fingerprint density at radius 1 is 1.06 bits per heavy atom. The number of aromatic nitrogens is 1. The molecule has 1 heterocycles. The van der Waals surface area contributed by atoms with Crippen LogP contribution in [0.25, 0.3) is 5.69 Å². The number of carbonyl (C=O) groups excluding carboxylic acids is 1. The molecule has 0 radical (unpaired) electrons. The lowest BCUT2D eigenvalue weighted by atomic mass is 9.77. The molecule has 0 aliphatic heterocycles. The highest BCUT2D eigenvalue weighted by Crippen LogP contribution is 2.38. The summed E-state index contributed by atoms with van der Waals surface area (Å²) in [6.45, 7) is 3.07. The van der Waals surface area contributed by atoms with Gasteiger partial charge in [-0.05, 0) is 62.4 Å². The first-order valence-electron chi connectivity index (χ1n) is 10.4. The Morgan fingerprint density at radius 3 is 2.39 bits per heavy atom. The lowest BCUT2D eigenvalue weighted by Crippen LogP contribution is -2.38. The smallest absolute Gasteiger partial charge is 0.291 e. The van der Waals surface area contributed by atoms with Crippen LogP contribution in [0.1, 0.15) is 52.5 Å². The van der Waals surface area contributed by atoms with Crippen LogP contribution in [0.3, 0.4) is 0 Å². The van der Waals surface area contributed by atoms with Crippen LogP contribution in [0.2, 0.25) is 0 Å². The van der Waals surface area contributed by atoms with Gasteiger partial charge in [0.25, 0.3) is 11.5 Å². The Kier molecular flexibility index (Phi) is 5.72. The first-order valence-corrected chi connectivity index (χ1v) is 10.4. The Morgan fingerprint density at radius 2 is 1.77 bits per heavy atom. The molecule has 1 amide bonds. The summed E-state index contributed by atoms with van der Waals surface area (Å²) < 4.78 is 29.9. The minimum atomic E-state index is -0.953. The summed E-state index contributed by atoms with van der Waals surface area (Å²) in [7, 11) is 0. The van der Waals surface area contributed by atoms with E-state index in [4.69, 9.17) is 0 Å². The number of pyridine rings is 1. The van der Waals surface area contributed by atoms with E-state index in [2.05, 4.69) is 5.32 Å². The monoisotopic (exact) mass is 422 g/mol. The summed E-state index contributed by atoms with van der Waals surface area (Å²) in [6, 6.07) is 14.5. The maximum atomic E-state index is 14.9. The van der Waals surface area contributed by atoms with E-state index in [1.807, 2.05) is 0 Å². The van der Waals surface area contributed by atoms with E-state index in [0.717, 1.165) is 19.3 Å². The predicted octanol–water partition coefficient (Wildman–Crippen LogP) is 5.00. The van der Waals surface area contributed by atoms with Crippen molar-refractivity contribution in [3.8, 4) is 5.69 Å². The van der Waals surface area contributed by atoms with Gasteiger partial charge in [0, 0.05) is 16.9 Å². The largest absolute Gasteiger partial charge is 0.345 e. The van der Waals surface area contributed by atoms with Crippen molar-refractivity contribution in [3.05, 3.63) is 99.0 Å². The molecule has 160 valence electrons. The van der Waals surface area contributed by atoms with Crippen molar-refractivity contribution in [3.63, 3.8) is 0 Å². The maximum absolute atomic E-state index is 14.9. The number of nitrogens with zero attached hydrogens (tertiary/aromatic N) is 1. The highest BCUT2D eigenvalue weighted by Gasteiger charge is 2.32. The fourth-order valence-corrected chi connectivity index (χ4v) is 4.29. The summed E-state index contributed by atoms with van der Waals surface area (Å²) in [5, 5.41) is 3.00. The molecule has 1 aromatic heterocycles. The first kappa shape index (κ1) is 21.0. The zero-order chi connectivity index (χ0) is 22.1. The molecule has 0 unspecified atom stereocenters. The SMILES string of the molecule is Cc1c(C(=O)N[C@H](c2cccc(F)c2)C2CCC2)c(C)n(-c2ccccc2)c(=O)c1F. The van der Waals surface area contributed by atoms with E-state index >= 15 is 0 Å². The highest BCUT2D eigenvalue weighted by atomic mass is 19.1. The van der Waals surface area contributed by atoms with E-state index in [-0.39, 0.29) is 28.9 Å². The Labute approximate surface area is 179 Å². The number of benzene rings is 2. The molecule has 6 heteroatoms. The van der Waals surface area contributed by atoms with E-state index in [1.165, 1.54) is 23.6 Å².